The topological polar surface area (TPSA) is 80.2 Å². The van der Waals surface area contributed by atoms with Gasteiger partial charge in [0.05, 0.1) is 12.5 Å². The highest BCUT2D eigenvalue weighted by atomic mass is 32.1. The molecule has 8 heteroatoms. The summed E-state index contributed by atoms with van der Waals surface area (Å²) < 4.78 is 7.45. The van der Waals surface area contributed by atoms with E-state index in [0.717, 1.165) is 24.2 Å². The molecule has 1 aliphatic heterocycles. The maximum atomic E-state index is 12.7. The lowest BCUT2D eigenvalue weighted by molar-refractivity contribution is -0.151. The molecule has 28 heavy (non-hydrogen) atoms. The second-order valence-corrected chi connectivity index (χ2v) is 7.44. The van der Waals surface area contributed by atoms with E-state index in [-0.39, 0.29) is 17.8 Å². The van der Waals surface area contributed by atoms with E-state index >= 15 is 0 Å². The quantitative estimate of drug-likeness (QED) is 0.593. The molecule has 1 aromatic heterocycles. The number of hydrogen-bond acceptors (Lipinski definition) is 5. The van der Waals surface area contributed by atoms with Crippen LogP contribution in [-0.2, 0) is 20.9 Å². The van der Waals surface area contributed by atoms with E-state index in [1.807, 2.05) is 35.8 Å². The molecule has 1 fully saturated rings. The standard InChI is InChI=1S/C20H26N4O3S/c1-3-27-19(26)16-5-4-11-23(13-16)17(25)10-12-24-18(21-22-20(24)28)15-8-6-14(2)7-9-15/h6-9,16H,3-5,10-13H2,1-2H3,(H,22,28). The summed E-state index contributed by atoms with van der Waals surface area (Å²) in [5, 5.41) is 7.14. The fraction of sp³-hybridized carbons (Fsp3) is 0.500. The monoisotopic (exact) mass is 402 g/mol. The van der Waals surface area contributed by atoms with Crippen LogP contribution in [0.25, 0.3) is 11.4 Å². The Bertz CT molecular complexity index is 888. The first-order chi connectivity index (χ1) is 13.5. The van der Waals surface area contributed by atoms with Crippen molar-refractivity contribution >= 4 is 24.1 Å². The van der Waals surface area contributed by atoms with Crippen LogP contribution in [0.4, 0.5) is 0 Å². The number of carbonyl (C=O) groups is 2. The molecule has 0 saturated carbocycles. The van der Waals surface area contributed by atoms with E-state index in [4.69, 9.17) is 17.0 Å². The van der Waals surface area contributed by atoms with Gasteiger partial charge in [0.25, 0.3) is 0 Å². The Morgan fingerprint density at radius 3 is 2.79 bits per heavy atom. The van der Waals surface area contributed by atoms with Crippen LogP contribution in [-0.4, -0.2) is 51.2 Å². The second-order valence-electron chi connectivity index (χ2n) is 7.05. The summed E-state index contributed by atoms with van der Waals surface area (Å²) in [5.74, 6) is 0.309. The van der Waals surface area contributed by atoms with E-state index < -0.39 is 0 Å². The predicted octanol–water partition coefficient (Wildman–Crippen LogP) is 3.11. The molecule has 0 aliphatic carbocycles. The van der Waals surface area contributed by atoms with Crippen molar-refractivity contribution < 1.29 is 14.3 Å². The van der Waals surface area contributed by atoms with Crippen LogP contribution in [0.15, 0.2) is 24.3 Å². The van der Waals surface area contributed by atoms with Crippen molar-refractivity contribution in [2.75, 3.05) is 19.7 Å². The van der Waals surface area contributed by atoms with Crippen LogP contribution in [0.1, 0.15) is 31.7 Å². The summed E-state index contributed by atoms with van der Waals surface area (Å²) in [6.45, 7) is 5.74. The van der Waals surface area contributed by atoms with Gasteiger partial charge in [-0.15, -0.1) is 0 Å². The Labute approximate surface area is 169 Å². The molecule has 1 unspecified atom stereocenters. The lowest BCUT2D eigenvalue weighted by Crippen LogP contribution is -2.43. The lowest BCUT2D eigenvalue weighted by atomic mass is 9.98. The normalized spacial score (nSPS) is 16.8. The number of aromatic amines is 1. The molecular weight excluding hydrogens is 376 g/mol. The van der Waals surface area contributed by atoms with Gasteiger partial charge in [-0.25, -0.2) is 0 Å². The molecule has 2 heterocycles. The van der Waals surface area contributed by atoms with Crippen molar-refractivity contribution in [2.24, 2.45) is 5.92 Å². The number of ether oxygens (including phenoxy) is 1. The molecule has 2 aromatic rings. The van der Waals surface area contributed by atoms with Crippen LogP contribution in [0.3, 0.4) is 0 Å². The van der Waals surface area contributed by atoms with Crippen molar-refractivity contribution in [1.82, 2.24) is 19.7 Å². The molecular formula is C20H26N4O3S. The van der Waals surface area contributed by atoms with Gasteiger partial charge < -0.3 is 9.64 Å². The third-order valence-electron chi connectivity index (χ3n) is 5.01. The first-order valence-corrected chi connectivity index (χ1v) is 10.1. The van der Waals surface area contributed by atoms with E-state index in [1.165, 1.54) is 5.56 Å². The molecule has 7 nitrogen and oxygen atoms in total. The van der Waals surface area contributed by atoms with Crippen molar-refractivity contribution in [2.45, 2.75) is 39.7 Å². The highest BCUT2D eigenvalue weighted by Crippen LogP contribution is 2.21. The molecule has 1 saturated heterocycles. The Balaban J connectivity index is 1.65. The number of piperidine rings is 1. The minimum Gasteiger partial charge on any atom is -0.466 e. The number of nitrogens with one attached hydrogen (secondary N) is 1. The predicted molar refractivity (Wildman–Crippen MR) is 108 cm³/mol. The van der Waals surface area contributed by atoms with E-state index in [1.54, 1.807) is 11.8 Å². The molecule has 1 amide bonds. The SMILES string of the molecule is CCOC(=O)C1CCCN(C(=O)CCn2c(-c3ccc(C)cc3)n[nH]c2=S)C1. The van der Waals surface area contributed by atoms with Crippen molar-refractivity contribution in [3.05, 3.63) is 34.6 Å². The van der Waals surface area contributed by atoms with Gasteiger partial charge >= 0.3 is 5.97 Å². The van der Waals surface area contributed by atoms with Crippen molar-refractivity contribution in [3.63, 3.8) is 0 Å². The van der Waals surface area contributed by atoms with Gasteiger partial charge in [0.1, 0.15) is 0 Å². The van der Waals surface area contributed by atoms with Crippen LogP contribution in [0.2, 0.25) is 0 Å². The molecule has 1 aromatic carbocycles. The Hall–Kier alpha value is -2.48. The number of aromatic nitrogens is 3. The van der Waals surface area contributed by atoms with Crippen LogP contribution >= 0.6 is 12.2 Å². The van der Waals surface area contributed by atoms with Crippen LogP contribution in [0.5, 0.6) is 0 Å². The first-order valence-electron chi connectivity index (χ1n) is 9.66. The fourth-order valence-electron chi connectivity index (χ4n) is 3.47. The molecule has 1 atom stereocenters. The van der Waals surface area contributed by atoms with Gasteiger partial charge in [0.2, 0.25) is 5.91 Å². The fourth-order valence-corrected chi connectivity index (χ4v) is 3.69. The molecule has 0 bridgehead atoms. The minimum atomic E-state index is -0.225. The van der Waals surface area contributed by atoms with Gasteiger partial charge in [0, 0.05) is 31.6 Å². The Morgan fingerprint density at radius 2 is 2.07 bits per heavy atom. The van der Waals surface area contributed by atoms with Gasteiger partial charge in [-0.05, 0) is 38.9 Å². The third-order valence-corrected chi connectivity index (χ3v) is 5.32. The van der Waals surface area contributed by atoms with Crippen molar-refractivity contribution in [1.29, 1.82) is 0 Å². The number of amides is 1. The zero-order chi connectivity index (χ0) is 20.1. The van der Waals surface area contributed by atoms with Gasteiger partial charge in [0.15, 0.2) is 10.6 Å². The number of aryl methyl sites for hydroxylation is 1. The summed E-state index contributed by atoms with van der Waals surface area (Å²) in [6, 6.07) is 8.03. The molecule has 1 aliphatic rings. The third kappa shape index (κ3) is 4.67. The van der Waals surface area contributed by atoms with E-state index in [2.05, 4.69) is 10.2 Å². The zero-order valence-electron chi connectivity index (χ0n) is 16.3. The largest absolute Gasteiger partial charge is 0.466 e. The summed E-state index contributed by atoms with van der Waals surface area (Å²) >= 11 is 5.35. The molecule has 150 valence electrons. The highest BCUT2D eigenvalue weighted by Gasteiger charge is 2.29. The van der Waals surface area contributed by atoms with Crippen LogP contribution in [0, 0.1) is 17.6 Å². The molecule has 0 spiro atoms. The second kappa shape index (κ2) is 9.14. The average molecular weight is 403 g/mol. The number of hydrogen-bond donors (Lipinski definition) is 1. The average Bonchev–Trinajstić information content (AvgIpc) is 3.07. The number of carbonyl (C=O) groups excluding carboxylic acids is 2. The van der Waals surface area contributed by atoms with E-state index in [9.17, 15) is 9.59 Å². The Morgan fingerprint density at radius 1 is 1.32 bits per heavy atom. The zero-order valence-corrected chi connectivity index (χ0v) is 17.1. The van der Waals surface area contributed by atoms with Crippen LogP contribution < -0.4 is 0 Å². The molecule has 3 rings (SSSR count). The smallest absolute Gasteiger partial charge is 0.310 e. The summed E-state index contributed by atoms with van der Waals surface area (Å²) in [6.07, 6.45) is 1.89. The summed E-state index contributed by atoms with van der Waals surface area (Å²) in [7, 11) is 0. The Kier molecular flexibility index (Phi) is 6.61. The van der Waals surface area contributed by atoms with Crippen molar-refractivity contribution in [3.8, 4) is 11.4 Å². The summed E-state index contributed by atoms with van der Waals surface area (Å²) in [5.41, 5.74) is 2.12. The minimum absolute atomic E-state index is 0.0203. The summed E-state index contributed by atoms with van der Waals surface area (Å²) in [4.78, 5) is 26.5. The number of benzene rings is 1. The highest BCUT2D eigenvalue weighted by molar-refractivity contribution is 7.71. The number of esters is 1. The number of likely N-dealkylation sites (tertiary alicyclic amines) is 1. The number of nitrogens with zero attached hydrogens (tertiary/aromatic N) is 3. The van der Waals surface area contributed by atoms with E-state index in [0.29, 0.717) is 37.4 Å². The van der Waals surface area contributed by atoms with Gasteiger partial charge in [-0.1, -0.05) is 29.8 Å². The van der Waals surface area contributed by atoms with Gasteiger partial charge in [-0.3, -0.25) is 19.3 Å². The number of H-pyrrole nitrogens is 1. The molecule has 1 N–H and O–H groups in total. The number of rotatable bonds is 6. The molecule has 0 radical (unpaired) electrons. The lowest BCUT2D eigenvalue weighted by Gasteiger charge is -2.31. The van der Waals surface area contributed by atoms with Gasteiger partial charge in [-0.2, -0.15) is 5.10 Å². The maximum absolute atomic E-state index is 12.7. The first kappa shape index (κ1) is 20.3. The maximum Gasteiger partial charge on any atom is 0.310 e.